The van der Waals surface area contributed by atoms with Gasteiger partial charge in [-0.2, -0.15) is 0 Å². The zero-order valence-corrected chi connectivity index (χ0v) is 13.2. The van der Waals surface area contributed by atoms with Crippen molar-refractivity contribution >= 4 is 11.8 Å². The average molecular weight is 280 g/mol. The van der Waals surface area contributed by atoms with Crippen LogP contribution >= 0.6 is 0 Å². The predicted molar refractivity (Wildman–Crippen MR) is 78.3 cm³/mol. The molecule has 0 aromatic rings. The third kappa shape index (κ3) is 2.77. The first kappa shape index (κ1) is 15.5. The van der Waals surface area contributed by atoms with E-state index in [1.54, 1.807) is 0 Å². The molecule has 0 N–H and O–H groups in total. The van der Waals surface area contributed by atoms with Crippen LogP contribution in [0.4, 0.5) is 0 Å². The molecule has 114 valence electrons. The fourth-order valence-electron chi connectivity index (χ4n) is 4.17. The molecule has 0 aromatic carbocycles. The molecule has 3 nitrogen and oxygen atoms in total. The Morgan fingerprint density at radius 2 is 1.70 bits per heavy atom. The molecule has 3 heteroatoms. The summed E-state index contributed by atoms with van der Waals surface area (Å²) >= 11 is 0. The van der Waals surface area contributed by atoms with Crippen molar-refractivity contribution in [2.24, 2.45) is 16.7 Å². The van der Waals surface area contributed by atoms with Crippen LogP contribution in [0.2, 0.25) is 0 Å². The molecule has 2 fully saturated rings. The Bertz CT molecular complexity index is 370. The molecular weight excluding hydrogens is 252 g/mol. The summed E-state index contributed by atoms with van der Waals surface area (Å²) in [5, 5.41) is 0. The van der Waals surface area contributed by atoms with Gasteiger partial charge in [-0.15, -0.1) is 0 Å². The van der Waals surface area contributed by atoms with Gasteiger partial charge < -0.3 is 4.74 Å². The Balaban J connectivity index is 2.11. The topological polar surface area (TPSA) is 43.4 Å². The van der Waals surface area contributed by atoms with E-state index < -0.39 is 5.41 Å². The van der Waals surface area contributed by atoms with Crippen LogP contribution in [0.5, 0.6) is 0 Å². The van der Waals surface area contributed by atoms with Crippen molar-refractivity contribution in [1.29, 1.82) is 0 Å². The highest BCUT2D eigenvalue weighted by molar-refractivity contribution is 6.05. The lowest BCUT2D eigenvalue weighted by molar-refractivity contribution is -0.180. The van der Waals surface area contributed by atoms with Gasteiger partial charge in [-0.1, -0.05) is 33.1 Å². The number of carbonyl (C=O) groups excluding carboxylic acids is 2. The maximum Gasteiger partial charge on any atom is 0.319 e. The molecule has 2 aliphatic carbocycles. The van der Waals surface area contributed by atoms with E-state index in [0.29, 0.717) is 18.9 Å². The zero-order valence-electron chi connectivity index (χ0n) is 13.2. The molecule has 0 unspecified atom stereocenters. The van der Waals surface area contributed by atoms with Gasteiger partial charge in [-0.05, 0) is 43.9 Å². The summed E-state index contributed by atoms with van der Waals surface area (Å²) in [6.45, 7) is 6.24. The lowest BCUT2D eigenvalue weighted by Gasteiger charge is -2.55. The maximum atomic E-state index is 12.6. The Labute approximate surface area is 122 Å². The smallest absolute Gasteiger partial charge is 0.319 e. The van der Waals surface area contributed by atoms with Gasteiger partial charge in [0.15, 0.2) is 0 Å². The van der Waals surface area contributed by atoms with Crippen LogP contribution in [0, 0.1) is 16.7 Å². The second kappa shape index (κ2) is 5.87. The molecule has 0 aliphatic heterocycles. The first-order valence-corrected chi connectivity index (χ1v) is 8.15. The Morgan fingerprint density at radius 3 is 2.20 bits per heavy atom. The molecule has 20 heavy (non-hydrogen) atoms. The molecule has 0 saturated heterocycles. The summed E-state index contributed by atoms with van der Waals surface area (Å²) < 4.78 is 5.23. The minimum atomic E-state index is -0.808. The first-order valence-electron chi connectivity index (χ1n) is 8.15. The largest absolute Gasteiger partial charge is 0.465 e. The third-order valence-electron chi connectivity index (χ3n) is 5.06. The Hall–Kier alpha value is -0.860. The summed E-state index contributed by atoms with van der Waals surface area (Å²) in [5.41, 5.74) is -0.546. The molecule has 0 aromatic heterocycles. The van der Waals surface area contributed by atoms with Crippen molar-refractivity contribution in [3.8, 4) is 0 Å². The highest BCUT2D eigenvalue weighted by Gasteiger charge is 2.62. The summed E-state index contributed by atoms with van der Waals surface area (Å²) in [4.78, 5) is 25.0. The average Bonchev–Trinajstić information content (AvgIpc) is 2.35. The number of Topliss-reactive ketones (excluding diaryl/α,β-unsaturated/α-hetero) is 1. The van der Waals surface area contributed by atoms with Gasteiger partial charge in [0.2, 0.25) is 0 Å². The van der Waals surface area contributed by atoms with E-state index in [2.05, 4.69) is 0 Å². The monoisotopic (exact) mass is 280 g/mol. The van der Waals surface area contributed by atoms with Crippen molar-refractivity contribution in [3.63, 3.8) is 0 Å². The molecular formula is C17H28O3. The van der Waals surface area contributed by atoms with Gasteiger partial charge in [0, 0.05) is 6.42 Å². The van der Waals surface area contributed by atoms with Gasteiger partial charge in [0.25, 0.3) is 0 Å². The number of hydrogen-bond donors (Lipinski definition) is 0. The van der Waals surface area contributed by atoms with Crippen LogP contribution in [0.1, 0.15) is 72.1 Å². The number of hydrogen-bond acceptors (Lipinski definition) is 3. The van der Waals surface area contributed by atoms with Crippen LogP contribution in [-0.4, -0.2) is 18.4 Å². The Kier molecular flexibility index (Phi) is 4.55. The summed E-state index contributed by atoms with van der Waals surface area (Å²) in [7, 11) is 0. The minimum Gasteiger partial charge on any atom is -0.465 e. The summed E-state index contributed by atoms with van der Waals surface area (Å²) in [5.74, 6) is 0.153. The molecule has 2 saturated carbocycles. The fraction of sp³-hybridized carbons (Fsp3) is 0.882. The van der Waals surface area contributed by atoms with Crippen molar-refractivity contribution in [3.05, 3.63) is 0 Å². The van der Waals surface area contributed by atoms with Gasteiger partial charge in [0.1, 0.15) is 11.2 Å². The zero-order chi connectivity index (χ0) is 14.8. The van der Waals surface area contributed by atoms with Crippen LogP contribution in [-0.2, 0) is 14.3 Å². The van der Waals surface area contributed by atoms with Crippen LogP contribution < -0.4 is 0 Å². The van der Waals surface area contributed by atoms with Crippen molar-refractivity contribution < 1.29 is 14.3 Å². The highest BCUT2D eigenvalue weighted by atomic mass is 16.5. The van der Waals surface area contributed by atoms with Gasteiger partial charge in [-0.3, -0.25) is 9.59 Å². The van der Waals surface area contributed by atoms with Crippen LogP contribution in [0.25, 0.3) is 0 Å². The third-order valence-corrected chi connectivity index (χ3v) is 5.06. The van der Waals surface area contributed by atoms with Crippen LogP contribution in [0.3, 0.4) is 0 Å². The van der Waals surface area contributed by atoms with Gasteiger partial charge in [-0.25, -0.2) is 0 Å². The van der Waals surface area contributed by atoms with Crippen molar-refractivity contribution in [2.45, 2.75) is 72.1 Å². The van der Waals surface area contributed by atoms with Crippen molar-refractivity contribution in [1.82, 2.24) is 0 Å². The molecule has 2 aliphatic rings. The van der Waals surface area contributed by atoms with Gasteiger partial charge >= 0.3 is 5.97 Å². The van der Waals surface area contributed by atoms with E-state index in [4.69, 9.17) is 4.74 Å². The molecule has 0 heterocycles. The maximum absolute atomic E-state index is 12.6. The molecule has 0 bridgehead atoms. The van der Waals surface area contributed by atoms with Crippen molar-refractivity contribution in [2.75, 3.05) is 6.61 Å². The van der Waals surface area contributed by atoms with E-state index in [9.17, 15) is 9.59 Å². The van der Waals surface area contributed by atoms with Crippen LogP contribution in [0.15, 0.2) is 0 Å². The first-order chi connectivity index (χ1) is 9.44. The van der Waals surface area contributed by atoms with Gasteiger partial charge in [0.05, 0.1) is 6.61 Å². The molecule has 0 radical (unpaired) electrons. The van der Waals surface area contributed by atoms with E-state index >= 15 is 0 Å². The number of ether oxygens (including phenoxy) is 1. The predicted octanol–water partition coefficient (Wildman–Crippen LogP) is 3.90. The van der Waals surface area contributed by atoms with E-state index in [0.717, 1.165) is 12.8 Å². The second-order valence-corrected chi connectivity index (χ2v) is 7.24. The number of ketones is 1. The summed E-state index contributed by atoms with van der Waals surface area (Å²) in [6, 6.07) is 0. The standard InChI is InChI=1S/C17H28O3/c1-4-20-15(19)17(14(18)10-13(2)3)11-16(12-17)8-6-5-7-9-16/h13H,4-12H2,1-3H3. The van der Waals surface area contributed by atoms with E-state index in [1.807, 2.05) is 20.8 Å². The fourth-order valence-corrected chi connectivity index (χ4v) is 4.17. The summed E-state index contributed by atoms with van der Waals surface area (Å²) in [6.07, 6.45) is 8.14. The second-order valence-electron chi connectivity index (χ2n) is 7.24. The lowest BCUT2D eigenvalue weighted by Crippen LogP contribution is -2.57. The number of rotatable bonds is 5. The minimum absolute atomic E-state index is 0.113. The highest BCUT2D eigenvalue weighted by Crippen LogP contribution is 2.62. The quantitative estimate of drug-likeness (QED) is 0.566. The molecule has 2 rings (SSSR count). The Morgan fingerprint density at radius 1 is 1.10 bits per heavy atom. The van der Waals surface area contributed by atoms with E-state index in [1.165, 1.54) is 32.1 Å². The number of esters is 1. The normalized spacial score (nSPS) is 23.4. The van der Waals surface area contributed by atoms with E-state index in [-0.39, 0.29) is 17.2 Å². The molecule has 0 atom stereocenters. The molecule has 0 amide bonds. The number of carbonyl (C=O) groups is 2. The SMILES string of the molecule is CCOC(=O)C1(C(=O)CC(C)C)CC2(CCCCC2)C1. The molecule has 1 spiro atoms. The lowest BCUT2D eigenvalue weighted by atomic mass is 9.47.